The van der Waals surface area contributed by atoms with E-state index >= 15 is 0 Å². The minimum absolute atomic E-state index is 0.768. The van der Waals surface area contributed by atoms with E-state index in [2.05, 4.69) is 37.9 Å². The Labute approximate surface area is 133 Å². The van der Waals surface area contributed by atoms with Crippen LogP contribution < -0.4 is 5.32 Å². The number of likely N-dealkylation sites (tertiary alicyclic amines) is 1. The third-order valence-corrected chi connectivity index (χ3v) is 6.12. The minimum atomic E-state index is 0.768. The van der Waals surface area contributed by atoms with Crippen molar-refractivity contribution >= 4 is 0 Å². The van der Waals surface area contributed by atoms with E-state index in [0.717, 1.165) is 36.4 Å². The first-order valence-corrected chi connectivity index (χ1v) is 9.63. The first kappa shape index (κ1) is 17.3. The molecular formula is C19H38N2. The van der Waals surface area contributed by atoms with Gasteiger partial charge in [0, 0.05) is 18.6 Å². The fourth-order valence-corrected chi connectivity index (χ4v) is 4.70. The number of hydrogen-bond donors (Lipinski definition) is 1. The van der Waals surface area contributed by atoms with Crippen molar-refractivity contribution in [1.82, 2.24) is 10.2 Å². The Hall–Kier alpha value is -0.0800. The van der Waals surface area contributed by atoms with Crippen molar-refractivity contribution in [1.29, 1.82) is 0 Å². The summed E-state index contributed by atoms with van der Waals surface area (Å²) in [5, 5.41) is 3.79. The maximum Gasteiger partial charge on any atom is 0.0108 e. The molecule has 2 rings (SSSR count). The summed E-state index contributed by atoms with van der Waals surface area (Å²) in [7, 11) is 0. The fourth-order valence-electron chi connectivity index (χ4n) is 4.70. The zero-order valence-corrected chi connectivity index (χ0v) is 14.9. The molecule has 1 aliphatic heterocycles. The SMILES string of the molecule is CCNC1CCC(C(C)C)CC1CN1CCCCC1CC. The number of nitrogens with one attached hydrogen (secondary N) is 1. The standard InChI is InChI=1S/C19H38N2/c1-5-18-9-7-8-12-21(18)14-17-13-16(15(3)4)10-11-19(17)20-6-2/h15-20H,5-14H2,1-4H3. The number of hydrogen-bond acceptors (Lipinski definition) is 2. The molecule has 1 saturated carbocycles. The largest absolute Gasteiger partial charge is 0.314 e. The fraction of sp³-hybridized carbons (Fsp3) is 1.00. The zero-order chi connectivity index (χ0) is 15.2. The van der Waals surface area contributed by atoms with Crippen molar-refractivity contribution < 1.29 is 0 Å². The highest BCUT2D eigenvalue weighted by Crippen LogP contribution is 2.35. The highest BCUT2D eigenvalue weighted by Gasteiger charge is 2.34. The summed E-state index contributed by atoms with van der Waals surface area (Å²) in [6, 6.07) is 1.63. The van der Waals surface area contributed by atoms with Gasteiger partial charge in [-0.15, -0.1) is 0 Å². The molecule has 0 aromatic carbocycles. The van der Waals surface area contributed by atoms with E-state index in [0.29, 0.717) is 0 Å². The maximum atomic E-state index is 3.79. The third kappa shape index (κ3) is 4.69. The normalized spacial score (nSPS) is 35.3. The Bertz CT molecular complexity index is 289. The highest BCUT2D eigenvalue weighted by molar-refractivity contribution is 4.89. The van der Waals surface area contributed by atoms with Crippen molar-refractivity contribution in [3.05, 3.63) is 0 Å². The van der Waals surface area contributed by atoms with Gasteiger partial charge in [-0.25, -0.2) is 0 Å². The average molecular weight is 295 g/mol. The first-order valence-electron chi connectivity index (χ1n) is 9.63. The van der Waals surface area contributed by atoms with Crippen LogP contribution in [0, 0.1) is 17.8 Å². The topological polar surface area (TPSA) is 15.3 Å². The molecule has 1 aliphatic carbocycles. The summed E-state index contributed by atoms with van der Waals surface area (Å²) < 4.78 is 0. The van der Waals surface area contributed by atoms with Crippen LogP contribution in [0.3, 0.4) is 0 Å². The second-order valence-electron chi connectivity index (χ2n) is 7.79. The van der Waals surface area contributed by atoms with Gasteiger partial charge in [0.25, 0.3) is 0 Å². The van der Waals surface area contributed by atoms with Crippen LogP contribution >= 0.6 is 0 Å². The Kier molecular flexibility index (Phi) is 7.01. The van der Waals surface area contributed by atoms with Gasteiger partial charge in [-0.1, -0.05) is 34.1 Å². The quantitative estimate of drug-likeness (QED) is 0.785. The van der Waals surface area contributed by atoms with Crippen LogP contribution in [0.25, 0.3) is 0 Å². The molecule has 0 amide bonds. The van der Waals surface area contributed by atoms with Gasteiger partial charge in [0.05, 0.1) is 0 Å². The van der Waals surface area contributed by atoms with Gasteiger partial charge in [0.2, 0.25) is 0 Å². The molecule has 21 heavy (non-hydrogen) atoms. The molecule has 0 aromatic heterocycles. The summed E-state index contributed by atoms with van der Waals surface area (Å²) in [5.74, 6) is 2.69. The minimum Gasteiger partial charge on any atom is -0.314 e. The molecule has 124 valence electrons. The molecule has 2 nitrogen and oxygen atoms in total. The summed E-state index contributed by atoms with van der Waals surface area (Å²) in [4.78, 5) is 2.83. The van der Waals surface area contributed by atoms with Gasteiger partial charge in [-0.2, -0.15) is 0 Å². The summed E-state index contributed by atoms with van der Waals surface area (Å²) >= 11 is 0. The van der Waals surface area contributed by atoms with E-state index < -0.39 is 0 Å². The van der Waals surface area contributed by atoms with Crippen LogP contribution in [0.1, 0.15) is 72.6 Å². The molecule has 1 N–H and O–H groups in total. The number of rotatable bonds is 6. The smallest absolute Gasteiger partial charge is 0.0108 e. The molecule has 2 aliphatic rings. The Morgan fingerprint density at radius 2 is 1.90 bits per heavy atom. The molecule has 4 unspecified atom stereocenters. The van der Waals surface area contributed by atoms with Crippen LogP contribution in [0.5, 0.6) is 0 Å². The van der Waals surface area contributed by atoms with Gasteiger partial charge in [0.15, 0.2) is 0 Å². The van der Waals surface area contributed by atoms with E-state index in [4.69, 9.17) is 0 Å². The maximum absolute atomic E-state index is 3.79. The predicted molar refractivity (Wildman–Crippen MR) is 92.6 cm³/mol. The summed E-state index contributed by atoms with van der Waals surface area (Å²) in [6.07, 6.45) is 9.92. The van der Waals surface area contributed by atoms with Crippen LogP contribution in [-0.2, 0) is 0 Å². The number of nitrogens with zero attached hydrogens (tertiary/aromatic N) is 1. The molecule has 0 spiro atoms. The van der Waals surface area contributed by atoms with Gasteiger partial charge in [-0.3, -0.25) is 0 Å². The predicted octanol–water partition coefficient (Wildman–Crippen LogP) is 4.30. The Balaban J connectivity index is 1.97. The van der Waals surface area contributed by atoms with E-state index in [1.54, 1.807) is 0 Å². The van der Waals surface area contributed by atoms with Gasteiger partial charge >= 0.3 is 0 Å². The molecule has 0 radical (unpaired) electrons. The van der Waals surface area contributed by atoms with E-state index in [1.807, 2.05) is 0 Å². The van der Waals surface area contributed by atoms with Crippen LogP contribution in [-0.4, -0.2) is 36.6 Å². The molecule has 0 aromatic rings. The summed E-state index contributed by atoms with van der Waals surface area (Å²) in [6.45, 7) is 13.3. The van der Waals surface area contributed by atoms with E-state index in [-0.39, 0.29) is 0 Å². The number of piperidine rings is 1. The van der Waals surface area contributed by atoms with Gasteiger partial charge in [0.1, 0.15) is 0 Å². The zero-order valence-electron chi connectivity index (χ0n) is 14.9. The monoisotopic (exact) mass is 294 g/mol. The average Bonchev–Trinajstić information content (AvgIpc) is 2.49. The van der Waals surface area contributed by atoms with Crippen LogP contribution in [0.15, 0.2) is 0 Å². The Morgan fingerprint density at radius 1 is 1.10 bits per heavy atom. The molecule has 4 atom stereocenters. The molecule has 1 heterocycles. The van der Waals surface area contributed by atoms with Gasteiger partial charge < -0.3 is 10.2 Å². The molecule has 2 fully saturated rings. The second kappa shape index (κ2) is 8.53. The summed E-state index contributed by atoms with van der Waals surface area (Å²) in [5.41, 5.74) is 0. The van der Waals surface area contributed by atoms with Crippen molar-refractivity contribution in [3.8, 4) is 0 Å². The lowest BCUT2D eigenvalue weighted by Crippen LogP contribution is -2.49. The molecule has 0 bridgehead atoms. The van der Waals surface area contributed by atoms with Crippen molar-refractivity contribution in [2.45, 2.75) is 84.7 Å². The molecular weight excluding hydrogens is 256 g/mol. The van der Waals surface area contributed by atoms with Crippen molar-refractivity contribution in [2.24, 2.45) is 17.8 Å². The molecule has 1 saturated heterocycles. The highest BCUT2D eigenvalue weighted by atomic mass is 15.2. The lowest BCUT2D eigenvalue weighted by molar-refractivity contribution is 0.0766. The van der Waals surface area contributed by atoms with Crippen molar-refractivity contribution in [3.63, 3.8) is 0 Å². The third-order valence-electron chi connectivity index (χ3n) is 6.12. The lowest BCUT2D eigenvalue weighted by Gasteiger charge is -2.43. The van der Waals surface area contributed by atoms with Crippen LogP contribution in [0.4, 0.5) is 0 Å². The first-order chi connectivity index (χ1) is 10.2. The van der Waals surface area contributed by atoms with E-state index in [9.17, 15) is 0 Å². The Morgan fingerprint density at radius 3 is 2.57 bits per heavy atom. The lowest BCUT2D eigenvalue weighted by atomic mass is 9.73. The second-order valence-corrected chi connectivity index (χ2v) is 7.79. The molecule has 2 heteroatoms. The van der Waals surface area contributed by atoms with Crippen LogP contribution in [0.2, 0.25) is 0 Å². The van der Waals surface area contributed by atoms with Crippen molar-refractivity contribution in [2.75, 3.05) is 19.6 Å². The van der Waals surface area contributed by atoms with E-state index in [1.165, 1.54) is 58.0 Å². The van der Waals surface area contributed by atoms with Gasteiger partial charge in [-0.05, 0) is 69.4 Å².